The van der Waals surface area contributed by atoms with Gasteiger partial charge >= 0.3 is 0 Å². The number of ether oxygens (including phenoxy) is 1. The quantitative estimate of drug-likeness (QED) is 0.351. The molecule has 0 spiro atoms. The van der Waals surface area contributed by atoms with Gasteiger partial charge in [0, 0.05) is 6.04 Å². The molecule has 1 aliphatic carbocycles. The summed E-state index contributed by atoms with van der Waals surface area (Å²) in [6.07, 6.45) is 1.54. The van der Waals surface area contributed by atoms with Gasteiger partial charge in [-0.15, -0.1) is 5.10 Å². The molecule has 13 nitrogen and oxygen atoms in total. The van der Waals surface area contributed by atoms with Gasteiger partial charge in [0.2, 0.25) is 11.6 Å². The van der Waals surface area contributed by atoms with E-state index in [1.54, 1.807) is 0 Å². The Morgan fingerprint density at radius 2 is 2.03 bits per heavy atom. The summed E-state index contributed by atoms with van der Waals surface area (Å²) in [5.41, 5.74) is 0.896. The van der Waals surface area contributed by atoms with Crippen molar-refractivity contribution < 1.29 is 20.1 Å². The molecule has 4 heterocycles. The van der Waals surface area contributed by atoms with Crippen molar-refractivity contribution in [2.24, 2.45) is 0 Å². The molecular formula is C16H21N9O4. The van der Waals surface area contributed by atoms with Crippen molar-refractivity contribution >= 4 is 17.0 Å². The molecule has 154 valence electrons. The SMILES string of the molecule is OC[C@H]1O[C@@H](n2cnc3c(NC4CCCC4)nc(-c4nnn[nH]4)nc32)C(O)C1O. The van der Waals surface area contributed by atoms with E-state index in [0.717, 1.165) is 25.7 Å². The molecule has 3 aromatic heterocycles. The molecule has 3 aromatic rings. The van der Waals surface area contributed by atoms with Crippen molar-refractivity contribution in [2.75, 3.05) is 11.9 Å². The van der Waals surface area contributed by atoms with Crippen molar-refractivity contribution in [1.82, 2.24) is 40.1 Å². The molecule has 2 unspecified atom stereocenters. The van der Waals surface area contributed by atoms with Crippen LogP contribution in [0.1, 0.15) is 31.9 Å². The summed E-state index contributed by atoms with van der Waals surface area (Å²) in [6, 6.07) is 0.285. The molecule has 1 saturated heterocycles. The van der Waals surface area contributed by atoms with Gasteiger partial charge in [0.1, 0.15) is 18.3 Å². The maximum atomic E-state index is 10.4. The van der Waals surface area contributed by atoms with Crippen molar-refractivity contribution in [1.29, 1.82) is 0 Å². The van der Waals surface area contributed by atoms with E-state index < -0.39 is 31.1 Å². The van der Waals surface area contributed by atoms with E-state index in [4.69, 9.17) is 4.74 Å². The lowest BCUT2D eigenvalue weighted by Gasteiger charge is -2.17. The van der Waals surface area contributed by atoms with Crippen LogP contribution in [0.15, 0.2) is 6.33 Å². The fraction of sp³-hybridized carbons (Fsp3) is 0.625. The van der Waals surface area contributed by atoms with E-state index in [1.165, 1.54) is 10.9 Å². The highest BCUT2D eigenvalue weighted by molar-refractivity contribution is 5.84. The molecule has 4 atom stereocenters. The zero-order valence-corrected chi connectivity index (χ0v) is 15.4. The summed E-state index contributed by atoms with van der Waals surface area (Å²) in [6.45, 7) is -0.417. The molecule has 0 aromatic carbocycles. The monoisotopic (exact) mass is 403 g/mol. The lowest BCUT2D eigenvalue weighted by Crippen LogP contribution is -2.33. The number of aliphatic hydroxyl groups is 3. The summed E-state index contributed by atoms with van der Waals surface area (Å²) in [5, 5.41) is 47.0. The fourth-order valence-corrected chi connectivity index (χ4v) is 3.94. The third-order valence-electron chi connectivity index (χ3n) is 5.47. The zero-order chi connectivity index (χ0) is 20.0. The number of tetrazole rings is 1. The number of aliphatic hydroxyl groups excluding tert-OH is 3. The third kappa shape index (κ3) is 3.11. The molecule has 2 aliphatic rings. The number of hydrogen-bond donors (Lipinski definition) is 5. The summed E-state index contributed by atoms with van der Waals surface area (Å²) >= 11 is 0. The number of aromatic nitrogens is 8. The second-order valence-corrected chi connectivity index (χ2v) is 7.32. The first-order valence-electron chi connectivity index (χ1n) is 9.53. The van der Waals surface area contributed by atoms with Crippen molar-refractivity contribution in [2.45, 2.75) is 56.3 Å². The van der Waals surface area contributed by atoms with Gasteiger partial charge in [-0.3, -0.25) is 4.57 Å². The van der Waals surface area contributed by atoms with Crippen LogP contribution >= 0.6 is 0 Å². The number of nitrogens with zero attached hydrogens (tertiary/aromatic N) is 7. The van der Waals surface area contributed by atoms with Gasteiger partial charge in [0.25, 0.3) is 0 Å². The largest absolute Gasteiger partial charge is 0.394 e. The molecule has 0 amide bonds. The van der Waals surface area contributed by atoms with Crippen LogP contribution < -0.4 is 5.32 Å². The molecule has 29 heavy (non-hydrogen) atoms. The molecule has 1 saturated carbocycles. The molecule has 2 fully saturated rings. The number of fused-ring (bicyclic) bond motifs is 1. The first kappa shape index (κ1) is 18.3. The molecule has 0 radical (unpaired) electrons. The van der Waals surface area contributed by atoms with Gasteiger partial charge in [-0.1, -0.05) is 12.8 Å². The maximum Gasteiger partial charge on any atom is 0.217 e. The number of rotatable bonds is 5. The Morgan fingerprint density at radius 3 is 2.72 bits per heavy atom. The standard InChI is InChI=1S/C16H21N9O4/c26-5-8-10(27)11(28)16(29-8)25-6-17-9-12(18-7-3-1-2-4-7)19-13(20-15(9)25)14-21-23-24-22-14/h6-8,10-11,16,26-28H,1-5H2,(H,18,19,20)(H,21,22,23,24)/t8-,10?,11?,16-/m1/s1. The van der Waals surface area contributed by atoms with Gasteiger partial charge < -0.3 is 25.4 Å². The Morgan fingerprint density at radius 1 is 1.21 bits per heavy atom. The Bertz CT molecular complexity index is 988. The van der Waals surface area contributed by atoms with Crippen LogP contribution in [0.2, 0.25) is 0 Å². The Labute approximate surface area is 164 Å². The molecule has 5 N–H and O–H groups in total. The summed E-state index contributed by atoms with van der Waals surface area (Å²) in [5.74, 6) is 1.09. The highest BCUT2D eigenvalue weighted by Crippen LogP contribution is 2.33. The van der Waals surface area contributed by atoms with Crippen LogP contribution in [0.4, 0.5) is 5.82 Å². The van der Waals surface area contributed by atoms with E-state index in [0.29, 0.717) is 17.0 Å². The molecular weight excluding hydrogens is 382 g/mol. The van der Waals surface area contributed by atoms with Crippen LogP contribution in [-0.4, -0.2) is 86.4 Å². The van der Waals surface area contributed by atoms with Crippen molar-refractivity contribution in [3.8, 4) is 11.6 Å². The van der Waals surface area contributed by atoms with Crippen LogP contribution in [-0.2, 0) is 4.74 Å². The summed E-state index contributed by atoms with van der Waals surface area (Å²) < 4.78 is 7.16. The fourth-order valence-electron chi connectivity index (χ4n) is 3.94. The molecule has 0 bridgehead atoms. The van der Waals surface area contributed by atoms with Crippen LogP contribution in [0.5, 0.6) is 0 Å². The van der Waals surface area contributed by atoms with Gasteiger partial charge in [-0.2, -0.15) is 0 Å². The molecule has 5 rings (SSSR count). The smallest absolute Gasteiger partial charge is 0.217 e. The Kier molecular flexibility index (Phi) is 4.58. The lowest BCUT2D eigenvalue weighted by molar-refractivity contribution is -0.0511. The van der Waals surface area contributed by atoms with E-state index in [-0.39, 0.29) is 17.7 Å². The zero-order valence-electron chi connectivity index (χ0n) is 15.4. The van der Waals surface area contributed by atoms with E-state index in [1.807, 2.05) is 0 Å². The molecule has 13 heteroatoms. The first-order valence-corrected chi connectivity index (χ1v) is 9.53. The number of aromatic amines is 1. The van der Waals surface area contributed by atoms with Crippen LogP contribution in [0, 0.1) is 0 Å². The Balaban J connectivity index is 1.60. The number of anilines is 1. The molecule has 1 aliphatic heterocycles. The number of hydrogen-bond acceptors (Lipinski definition) is 11. The van der Waals surface area contributed by atoms with Crippen LogP contribution in [0.25, 0.3) is 22.8 Å². The first-order chi connectivity index (χ1) is 14.2. The van der Waals surface area contributed by atoms with Gasteiger partial charge in [-0.05, 0) is 23.3 Å². The van der Waals surface area contributed by atoms with E-state index >= 15 is 0 Å². The van der Waals surface area contributed by atoms with Crippen molar-refractivity contribution in [3.63, 3.8) is 0 Å². The number of imidazole rings is 1. The minimum absolute atomic E-state index is 0.261. The van der Waals surface area contributed by atoms with E-state index in [2.05, 4.69) is 40.9 Å². The second kappa shape index (κ2) is 7.26. The number of nitrogens with one attached hydrogen (secondary N) is 2. The van der Waals surface area contributed by atoms with E-state index in [9.17, 15) is 15.3 Å². The van der Waals surface area contributed by atoms with Crippen LogP contribution in [0.3, 0.4) is 0 Å². The highest BCUT2D eigenvalue weighted by Gasteiger charge is 2.44. The minimum Gasteiger partial charge on any atom is -0.394 e. The van der Waals surface area contributed by atoms with Gasteiger partial charge in [0.15, 0.2) is 23.2 Å². The minimum atomic E-state index is -1.25. The Hall–Kier alpha value is -2.74. The lowest BCUT2D eigenvalue weighted by atomic mass is 10.1. The third-order valence-corrected chi connectivity index (χ3v) is 5.47. The average molecular weight is 403 g/mol. The van der Waals surface area contributed by atoms with Gasteiger partial charge in [-0.25, -0.2) is 20.1 Å². The van der Waals surface area contributed by atoms with Crippen molar-refractivity contribution in [3.05, 3.63) is 6.33 Å². The normalized spacial score (nSPS) is 27.8. The maximum absolute atomic E-state index is 10.4. The summed E-state index contributed by atoms with van der Waals surface area (Å²) in [4.78, 5) is 13.5. The topological polar surface area (TPSA) is 180 Å². The summed E-state index contributed by atoms with van der Waals surface area (Å²) in [7, 11) is 0. The highest BCUT2D eigenvalue weighted by atomic mass is 16.6. The predicted octanol–water partition coefficient (Wildman–Crippen LogP) is -1.03. The average Bonchev–Trinajstić information content (AvgIpc) is 3.51. The predicted molar refractivity (Wildman–Crippen MR) is 97.4 cm³/mol. The second-order valence-electron chi connectivity index (χ2n) is 7.32. The number of H-pyrrole nitrogens is 1. The van der Waals surface area contributed by atoms with Gasteiger partial charge in [0.05, 0.1) is 12.9 Å².